The van der Waals surface area contributed by atoms with Gasteiger partial charge in [0.15, 0.2) is 11.6 Å². The molecule has 0 atom stereocenters. The Kier molecular flexibility index (Phi) is 8.19. The predicted octanol–water partition coefficient (Wildman–Crippen LogP) is 9.34. The van der Waals surface area contributed by atoms with Crippen LogP contribution in [-0.2, 0) is 5.41 Å². The van der Waals surface area contributed by atoms with Crippen molar-refractivity contribution in [2.45, 2.75) is 26.2 Å². The molecule has 0 fully saturated rings. The van der Waals surface area contributed by atoms with Gasteiger partial charge in [0, 0.05) is 38.1 Å². The minimum absolute atomic E-state index is 0.206. The number of fused-ring (bicyclic) bond motifs is 3. The molecule has 0 spiro atoms. The van der Waals surface area contributed by atoms with Gasteiger partial charge in [-0.05, 0) is 58.7 Å². The fourth-order valence-corrected chi connectivity index (χ4v) is 6.73. The van der Waals surface area contributed by atoms with Gasteiger partial charge in [0.25, 0.3) is 0 Å². The molecule has 2 aliphatic carbocycles. The Morgan fingerprint density at radius 1 is 0.786 bits per heavy atom. The summed E-state index contributed by atoms with van der Waals surface area (Å²) < 4.78 is 0. The summed E-state index contributed by atoms with van der Waals surface area (Å²) in [5.41, 5.74) is 11.5. The molecule has 0 radical (unpaired) electrons. The average Bonchev–Trinajstić information content (AvgIpc) is 3.58. The molecule has 3 aromatic carbocycles. The zero-order valence-electron chi connectivity index (χ0n) is 24.1. The quantitative estimate of drug-likeness (QED) is 0.152. The van der Waals surface area contributed by atoms with E-state index in [0.29, 0.717) is 11.1 Å². The van der Waals surface area contributed by atoms with Crippen molar-refractivity contribution >= 4 is 51.4 Å². The van der Waals surface area contributed by atoms with Gasteiger partial charge >= 0.3 is 0 Å². The molecule has 0 bridgehead atoms. The number of allylic oxidation sites excluding steroid dienone is 8. The van der Waals surface area contributed by atoms with Crippen molar-refractivity contribution in [3.63, 3.8) is 0 Å². The lowest BCUT2D eigenvalue weighted by atomic mass is 9.81. The third kappa shape index (κ3) is 5.29. The second kappa shape index (κ2) is 12.0. The lowest BCUT2D eigenvalue weighted by Crippen LogP contribution is -2.15. The van der Waals surface area contributed by atoms with Crippen molar-refractivity contribution < 1.29 is 9.59 Å². The number of carbonyl (C=O) groups is 2. The van der Waals surface area contributed by atoms with E-state index in [0.717, 1.165) is 37.2 Å². The SMILES string of the molecule is C=C/C=C\C=C/C.CC1(C)C(=C/c2ccccc2)/C(=C\N)c2sc(C=C3C(=O)c4cc5ccccc5cc4C3=O)cc21. The molecule has 0 amide bonds. The number of nitrogens with two attached hydrogens (primary N) is 1. The zero-order chi connectivity index (χ0) is 29.9. The molecule has 6 rings (SSSR count). The highest BCUT2D eigenvalue weighted by Crippen LogP contribution is 2.53. The largest absolute Gasteiger partial charge is 0.404 e. The van der Waals surface area contributed by atoms with Crippen LogP contribution in [0.3, 0.4) is 0 Å². The van der Waals surface area contributed by atoms with E-state index in [1.165, 1.54) is 5.57 Å². The molecular formula is C38H33NO2S. The third-order valence-electron chi connectivity index (χ3n) is 7.61. The van der Waals surface area contributed by atoms with Crippen LogP contribution in [0.4, 0.5) is 0 Å². The topological polar surface area (TPSA) is 60.2 Å². The fraction of sp³-hybridized carbons (Fsp3) is 0.105. The van der Waals surface area contributed by atoms with Crippen LogP contribution in [-0.4, -0.2) is 11.6 Å². The first kappa shape index (κ1) is 28.7. The summed E-state index contributed by atoms with van der Waals surface area (Å²) >= 11 is 1.57. The molecule has 2 aliphatic rings. The first-order valence-corrected chi connectivity index (χ1v) is 14.7. The summed E-state index contributed by atoms with van der Waals surface area (Å²) in [4.78, 5) is 28.4. The Morgan fingerprint density at radius 2 is 1.40 bits per heavy atom. The normalized spacial score (nSPS) is 17.3. The van der Waals surface area contributed by atoms with Crippen LogP contribution >= 0.6 is 11.3 Å². The number of thiophene rings is 1. The summed E-state index contributed by atoms with van der Waals surface area (Å²) in [5.74, 6) is -0.411. The molecule has 1 aromatic heterocycles. The number of ketones is 2. The van der Waals surface area contributed by atoms with E-state index in [9.17, 15) is 9.59 Å². The molecule has 208 valence electrons. The standard InChI is InChI=1S/C31H23NO2S.C7H10/c1-31(2)26(12-18-8-4-3-5-9-18)25(17-32)30-27(31)16-21(35-30)15-24-28(33)22-13-19-10-6-7-11-20(19)14-23(22)29(24)34;1-3-5-7-6-4-2/h3-17H,32H2,1-2H3;3-7H,1H2,2H3/b25-17+,26-12+;6-4-,7-5-. The van der Waals surface area contributed by atoms with E-state index in [1.54, 1.807) is 29.7 Å². The van der Waals surface area contributed by atoms with Crippen LogP contribution in [0.5, 0.6) is 0 Å². The molecule has 4 aromatic rings. The maximum Gasteiger partial charge on any atom is 0.197 e. The van der Waals surface area contributed by atoms with Gasteiger partial charge in [-0.25, -0.2) is 0 Å². The minimum atomic E-state index is -0.256. The van der Waals surface area contributed by atoms with E-state index >= 15 is 0 Å². The van der Waals surface area contributed by atoms with Crippen molar-refractivity contribution in [1.29, 1.82) is 0 Å². The summed E-state index contributed by atoms with van der Waals surface area (Å²) in [5, 5.41) is 1.92. The molecule has 3 nitrogen and oxygen atoms in total. The van der Waals surface area contributed by atoms with Crippen LogP contribution in [0.15, 0.2) is 127 Å². The van der Waals surface area contributed by atoms with Gasteiger partial charge in [-0.2, -0.15) is 0 Å². The maximum absolute atomic E-state index is 13.2. The number of carbonyl (C=O) groups excluding carboxylic acids is 2. The summed E-state index contributed by atoms with van der Waals surface area (Å²) in [7, 11) is 0. The van der Waals surface area contributed by atoms with Gasteiger partial charge in [-0.15, -0.1) is 11.3 Å². The predicted molar refractivity (Wildman–Crippen MR) is 179 cm³/mol. The summed E-state index contributed by atoms with van der Waals surface area (Å²) in [6.45, 7) is 9.87. The average molecular weight is 568 g/mol. The van der Waals surface area contributed by atoms with E-state index in [1.807, 2.05) is 85.8 Å². The number of benzene rings is 3. The van der Waals surface area contributed by atoms with Crippen molar-refractivity contribution in [2.24, 2.45) is 5.73 Å². The minimum Gasteiger partial charge on any atom is -0.404 e. The molecule has 0 aliphatic heterocycles. The number of hydrogen-bond donors (Lipinski definition) is 1. The fourth-order valence-electron chi connectivity index (χ4n) is 5.43. The summed E-state index contributed by atoms with van der Waals surface area (Å²) in [6, 6.07) is 23.8. The van der Waals surface area contributed by atoms with E-state index in [-0.39, 0.29) is 22.6 Å². The van der Waals surface area contributed by atoms with E-state index in [2.05, 4.69) is 44.7 Å². The van der Waals surface area contributed by atoms with Crippen LogP contribution in [0.1, 0.15) is 62.4 Å². The monoisotopic (exact) mass is 567 g/mol. The van der Waals surface area contributed by atoms with Gasteiger partial charge in [-0.3, -0.25) is 9.59 Å². The molecule has 42 heavy (non-hydrogen) atoms. The Labute approximate surface area is 251 Å². The van der Waals surface area contributed by atoms with Crippen molar-refractivity contribution in [3.05, 3.63) is 159 Å². The van der Waals surface area contributed by atoms with E-state index in [4.69, 9.17) is 5.73 Å². The number of Topliss-reactive ketones (excluding diaryl/α,β-unsaturated/α-hetero) is 2. The van der Waals surface area contributed by atoms with Gasteiger partial charge in [-0.1, -0.05) is 111 Å². The van der Waals surface area contributed by atoms with Gasteiger partial charge in [0.1, 0.15) is 0 Å². The van der Waals surface area contributed by atoms with Crippen LogP contribution in [0.25, 0.3) is 28.5 Å². The van der Waals surface area contributed by atoms with Gasteiger partial charge in [0.05, 0.1) is 5.57 Å². The van der Waals surface area contributed by atoms with Crippen molar-refractivity contribution in [1.82, 2.24) is 0 Å². The molecule has 4 heteroatoms. The number of rotatable bonds is 4. The number of hydrogen-bond acceptors (Lipinski definition) is 4. The molecule has 2 N–H and O–H groups in total. The Morgan fingerprint density at radius 3 is 1.98 bits per heavy atom. The summed E-state index contributed by atoms with van der Waals surface area (Å²) in [6.07, 6.45) is 15.1. The van der Waals surface area contributed by atoms with Gasteiger partial charge in [0.2, 0.25) is 0 Å². The highest BCUT2D eigenvalue weighted by molar-refractivity contribution is 7.14. The Bertz CT molecular complexity index is 1800. The van der Waals surface area contributed by atoms with Crippen LogP contribution in [0.2, 0.25) is 0 Å². The second-order valence-corrected chi connectivity index (χ2v) is 11.8. The molecular weight excluding hydrogens is 534 g/mol. The molecule has 0 saturated heterocycles. The lowest BCUT2D eigenvalue weighted by molar-refractivity contribution is 0.0990. The Balaban J connectivity index is 0.000000451. The maximum atomic E-state index is 13.2. The highest BCUT2D eigenvalue weighted by Gasteiger charge is 2.40. The van der Waals surface area contributed by atoms with Gasteiger partial charge < -0.3 is 5.73 Å². The first-order chi connectivity index (χ1) is 20.3. The zero-order valence-corrected chi connectivity index (χ0v) is 24.9. The molecule has 1 heterocycles. The highest BCUT2D eigenvalue weighted by atomic mass is 32.1. The Hall–Kier alpha value is -4.80. The molecule has 0 saturated carbocycles. The molecule has 0 unspecified atom stereocenters. The van der Waals surface area contributed by atoms with Crippen LogP contribution < -0.4 is 5.73 Å². The first-order valence-electron chi connectivity index (χ1n) is 13.9. The van der Waals surface area contributed by atoms with E-state index < -0.39 is 0 Å². The van der Waals surface area contributed by atoms with Crippen molar-refractivity contribution in [3.8, 4) is 0 Å². The third-order valence-corrected chi connectivity index (χ3v) is 8.73. The smallest absolute Gasteiger partial charge is 0.197 e. The van der Waals surface area contributed by atoms with Crippen molar-refractivity contribution in [2.75, 3.05) is 0 Å². The van der Waals surface area contributed by atoms with Crippen LogP contribution in [0, 0.1) is 0 Å². The second-order valence-electron chi connectivity index (χ2n) is 10.7. The lowest BCUT2D eigenvalue weighted by Gasteiger charge is -2.21.